The van der Waals surface area contributed by atoms with Crippen LogP contribution >= 0.6 is 11.3 Å². The van der Waals surface area contributed by atoms with Crippen molar-refractivity contribution in [3.63, 3.8) is 0 Å². The number of hydrogen-bond acceptors (Lipinski definition) is 5. The third-order valence-electron chi connectivity index (χ3n) is 4.26. The maximum absolute atomic E-state index is 5.98. The Morgan fingerprint density at radius 2 is 2.20 bits per heavy atom. The molecule has 0 spiro atoms. The van der Waals surface area contributed by atoms with Crippen molar-refractivity contribution in [1.82, 2.24) is 9.97 Å². The van der Waals surface area contributed by atoms with Crippen LogP contribution in [-0.4, -0.2) is 16.5 Å². The van der Waals surface area contributed by atoms with Crippen molar-refractivity contribution in [2.45, 2.75) is 38.1 Å². The average Bonchev–Trinajstić information content (AvgIpc) is 3.17. The van der Waals surface area contributed by atoms with Crippen LogP contribution in [0.5, 0.6) is 0 Å². The van der Waals surface area contributed by atoms with Crippen LogP contribution in [0.4, 0.5) is 11.6 Å². The van der Waals surface area contributed by atoms with Crippen molar-refractivity contribution in [2.75, 3.05) is 17.2 Å². The summed E-state index contributed by atoms with van der Waals surface area (Å²) in [6.07, 6.45) is 3.50. The van der Waals surface area contributed by atoms with Crippen molar-refractivity contribution in [3.05, 3.63) is 33.8 Å². The van der Waals surface area contributed by atoms with E-state index < -0.39 is 0 Å². The Morgan fingerprint density at radius 3 is 3.00 bits per heavy atom. The molecule has 1 saturated carbocycles. The minimum absolute atomic E-state index is 0.367. The van der Waals surface area contributed by atoms with Crippen LogP contribution in [0.15, 0.2) is 17.5 Å². The lowest BCUT2D eigenvalue weighted by Crippen LogP contribution is -2.34. The van der Waals surface area contributed by atoms with Crippen molar-refractivity contribution >= 4 is 23.0 Å². The fourth-order valence-corrected chi connectivity index (χ4v) is 3.93. The molecule has 0 bridgehead atoms. The van der Waals surface area contributed by atoms with Gasteiger partial charge in [0.2, 0.25) is 0 Å². The molecule has 2 N–H and O–H groups in total. The van der Waals surface area contributed by atoms with Crippen molar-refractivity contribution < 1.29 is 0 Å². The molecule has 1 aliphatic carbocycles. The fraction of sp³-hybridized carbons (Fsp3) is 0.467. The maximum Gasteiger partial charge on any atom is 0.136 e. The SMILES string of the molecule is CC1c2ccsc2CCN1c1cc(N)nc(C2CC2)n1. The summed E-state index contributed by atoms with van der Waals surface area (Å²) < 4.78 is 0. The lowest BCUT2D eigenvalue weighted by Gasteiger charge is -2.34. The number of hydrogen-bond donors (Lipinski definition) is 1. The number of anilines is 2. The first-order valence-corrected chi connectivity index (χ1v) is 8.07. The van der Waals surface area contributed by atoms with Gasteiger partial charge in [0.05, 0.1) is 6.04 Å². The Kier molecular flexibility index (Phi) is 2.70. The van der Waals surface area contributed by atoms with Crippen molar-refractivity contribution in [1.29, 1.82) is 0 Å². The van der Waals surface area contributed by atoms with Crippen LogP contribution in [0, 0.1) is 0 Å². The van der Waals surface area contributed by atoms with Gasteiger partial charge in [-0.3, -0.25) is 0 Å². The molecule has 104 valence electrons. The Balaban J connectivity index is 1.71. The van der Waals surface area contributed by atoms with Crippen molar-refractivity contribution in [2.24, 2.45) is 0 Å². The zero-order valence-corrected chi connectivity index (χ0v) is 12.4. The molecular weight excluding hydrogens is 268 g/mol. The summed E-state index contributed by atoms with van der Waals surface area (Å²) in [5.74, 6) is 3.06. The molecule has 0 amide bonds. The minimum Gasteiger partial charge on any atom is -0.384 e. The second-order valence-electron chi connectivity index (χ2n) is 5.70. The van der Waals surface area contributed by atoms with Gasteiger partial charge in [0.1, 0.15) is 17.5 Å². The van der Waals surface area contributed by atoms with Gasteiger partial charge in [0.15, 0.2) is 0 Å². The monoisotopic (exact) mass is 286 g/mol. The Hall–Kier alpha value is -1.62. The summed E-state index contributed by atoms with van der Waals surface area (Å²) in [6, 6.07) is 4.52. The molecule has 5 heteroatoms. The molecule has 3 heterocycles. The highest BCUT2D eigenvalue weighted by molar-refractivity contribution is 7.10. The summed E-state index contributed by atoms with van der Waals surface area (Å²) in [7, 11) is 0. The van der Waals surface area contributed by atoms with E-state index in [1.807, 2.05) is 17.4 Å². The van der Waals surface area contributed by atoms with E-state index >= 15 is 0 Å². The quantitative estimate of drug-likeness (QED) is 0.921. The van der Waals surface area contributed by atoms with Crippen molar-refractivity contribution in [3.8, 4) is 0 Å². The predicted octanol–water partition coefficient (Wildman–Crippen LogP) is 3.12. The first-order chi connectivity index (χ1) is 9.72. The van der Waals surface area contributed by atoms with Crippen LogP contribution < -0.4 is 10.6 Å². The van der Waals surface area contributed by atoms with Gasteiger partial charge in [-0.15, -0.1) is 11.3 Å². The number of nitrogens with two attached hydrogens (primary N) is 1. The van der Waals surface area contributed by atoms with Gasteiger partial charge >= 0.3 is 0 Å². The zero-order valence-electron chi connectivity index (χ0n) is 11.5. The number of nitrogen functional groups attached to an aromatic ring is 1. The molecule has 1 unspecified atom stereocenters. The first-order valence-electron chi connectivity index (χ1n) is 7.20. The Bertz CT molecular complexity index is 647. The van der Waals surface area contributed by atoms with Gasteiger partial charge in [-0.05, 0) is 43.2 Å². The van der Waals surface area contributed by atoms with Gasteiger partial charge in [-0.1, -0.05) is 0 Å². The third-order valence-corrected chi connectivity index (χ3v) is 5.26. The Labute approximate surface area is 122 Å². The van der Waals surface area contributed by atoms with Crippen LogP contribution in [0.25, 0.3) is 0 Å². The van der Waals surface area contributed by atoms with Gasteiger partial charge in [0, 0.05) is 23.4 Å². The summed E-state index contributed by atoms with van der Waals surface area (Å²) in [4.78, 5) is 13.0. The predicted molar refractivity (Wildman–Crippen MR) is 82.2 cm³/mol. The van der Waals surface area contributed by atoms with E-state index in [1.54, 1.807) is 0 Å². The lowest BCUT2D eigenvalue weighted by atomic mass is 10.0. The number of nitrogens with zero attached hydrogens (tertiary/aromatic N) is 3. The fourth-order valence-electron chi connectivity index (χ4n) is 2.97. The first kappa shape index (κ1) is 12.1. The second kappa shape index (κ2) is 4.45. The summed E-state index contributed by atoms with van der Waals surface area (Å²) in [6.45, 7) is 3.26. The molecule has 4 nitrogen and oxygen atoms in total. The highest BCUT2D eigenvalue weighted by atomic mass is 32.1. The summed E-state index contributed by atoms with van der Waals surface area (Å²) in [5, 5.41) is 2.19. The topological polar surface area (TPSA) is 55.0 Å². The Morgan fingerprint density at radius 1 is 1.35 bits per heavy atom. The lowest BCUT2D eigenvalue weighted by molar-refractivity contribution is 0.622. The largest absolute Gasteiger partial charge is 0.384 e. The second-order valence-corrected chi connectivity index (χ2v) is 6.70. The van der Waals surface area contributed by atoms with E-state index in [2.05, 4.69) is 28.3 Å². The van der Waals surface area contributed by atoms with E-state index in [1.165, 1.54) is 23.3 Å². The standard InChI is InChI=1S/C15H18N4S/c1-9-11-5-7-20-12(11)4-6-19(9)14-8-13(16)17-15(18-14)10-2-3-10/h5,7-10H,2-4,6H2,1H3,(H2,16,17,18). The number of rotatable bonds is 2. The van der Waals surface area contributed by atoms with Gasteiger partial charge in [-0.25, -0.2) is 9.97 Å². The molecule has 4 rings (SSSR count). The van der Waals surface area contributed by atoms with Gasteiger partial charge in [0.25, 0.3) is 0 Å². The molecule has 20 heavy (non-hydrogen) atoms. The molecular formula is C15H18N4S. The average molecular weight is 286 g/mol. The maximum atomic E-state index is 5.98. The van der Waals surface area contributed by atoms with E-state index in [9.17, 15) is 0 Å². The highest BCUT2D eigenvalue weighted by Gasteiger charge is 2.30. The van der Waals surface area contributed by atoms with Gasteiger partial charge in [-0.2, -0.15) is 0 Å². The van der Waals surface area contributed by atoms with Gasteiger partial charge < -0.3 is 10.6 Å². The molecule has 0 saturated heterocycles. The molecule has 1 aliphatic heterocycles. The number of aromatic nitrogens is 2. The van der Waals surface area contributed by atoms with Crippen LogP contribution in [0.1, 0.15) is 48.0 Å². The molecule has 1 fully saturated rings. The van der Waals surface area contributed by atoms with E-state index in [0.717, 1.165) is 24.6 Å². The van der Waals surface area contributed by atoms with Crippen LogP contribution in [0.2, 0.25) is 0 Å². The van der Waals surface area contributed by atoms with E-state index in [-0.39, 0.29) is 0 Å². The third kappa shape index (κ3) is 1.97. The smallest absolute Gasteiger partial charge is 0.136 e. The molecule has 1 atom stereocenters. The normalized spacial score (nSPS) is 21.9. The minimum atomic E-state index is 0.367. The zero-order chi connectivity index (χ0) is 13.7. The molecule has 2 aromatic heterocycles. The van der Waals surface area contributed by atoms with E-state index in [0.29, 0.717) is 17.8 Å². The molecule has 0 radical (unpaired) electrons. The summed E-state index contributed by atoms with van der Waals surface area (Å²) >= 11 is 1.86. The molecule has 2 aromatic rings. The van der Waals surface area contributed by atoms with E-state index in [4.69, 9.17) is 10.7 Å². The molecule has 2 aliphatic rings. The number of thiophene rings is 1. The van der Waals surface area contributed by atoms with Crippen LogP contribution in [0.3, 0.4) is 0 Å². The summed E-state index contributed by atoms with van der Waals surface area (Å²) in [5.41, 5.74) is 7.41. The number of fused-ring (bicyclic) bond motifs is 1. The van der Waals surface area contributed by atoms with Crippen LogP contribution in [-0.2, 0) is 6.42 Å². The highest BCUT2D eigenvalue weighted by Crippen LogP contribution is 2.40. The molecule has 0 aromatic carbocycles.